The lowest BCUT2D eigenvalue weighted by Crippen LogP contribution is -2.36. The van der Waals surface area contributed by atoms with Crippen LogP contribution in [-0.2, 0) is 10.2 Å². The standard InChI is InChI=1S/C14H19NO3/c1-3-18-12-7-5-4-6-10(12)14(2)9-15-8-11(14)13(16)17/h4-7,11,15H,3,8-9H2,1-2H3,(H,16,17). The second kappa shape index (κ2) is 4.98. The van der Waals surface area contributed by atoms with Crippen LogP contribution < -0.4 is 10.1 Å². The SMILES string of the molecule is CCOc1ccccc1C1(C)CNCC1C(=O)O. The maximum Gasteiger partial charge on any atom is 0.308 e. The van der Waals surface area contributed by atoms with E-state index in [1.807, 2.05) is 38.1 Å². The topological polar surface area (TPSA) is 58.6 Å². The van der Waals surface area contributed by atoms with E-state index in [1.54, 1.807) is 0 Å². The van der Waals surface area contributed by atoms with Gasteiger partial charge in [-0.3, -0.25) is 4.79 Å². The van der Waals surface area contributed by atoms with Crippen molar-refractivity contribution in [3.05, 3.63) is 29.8 Å². The van der Waals surface area contributed by atoms with Crippen molar-refractivity contribution in [1.82, 2.24) is 5.32 Å². The van der Waals surface area contributed by atoms with Crippen molar-refractivity contribution in [2.24, 2.45) is 5.92 Å². The number of carboxylic acids is 1. The summed E-state index contributed by atoms with van der Waals surface area (Å²) in [6, 6.07) is 7.71. The van der Waals surface area contributed by atoms with Gasteiger partial charge >= 0.3 is 5.97 Å². The van der Waals surface area contributed by atoms with Gasteiger partial charge in [0, 0.05) is 24.1 Å². The number of rotatable bonds is 4. The largest absolute Gasteiger partial charge is 0.494 e. The molecule has 2 unspecified atom stereocenters. The Hall–Kier alpha value is -1.55. The molecule has 2 rings (SSSR count). The summed E-state index contributed by atoms with van der Waals surface area (Å²) < 4.78 is 5.62. The van der Waals surface area contributed by atoms with Gasteiger partial charge in [-0.05, 0) is 13.0 Å². The summed E-state index contributed by atoms with van der Waals surface area (Å²) in [4.78, 5) is 11.4. The number of carboxylic acid groups (broad SMARTS) is 1. The van der Waals surface area contributed by atoms with E-state index in [9.17, 15) is 9.90 Å². The number of carbonyl (C=O) groups is 1. The molecule has 1 aliphatic rings. The molecule has 1 aromatic rings. The van der Waals surface area contributed by atoms with Crippen LogP contribution in [0.1, 0.15) is 19.4 Å². The Labute approximate surface area is 107 Å². The van der Waals surface area contributed by atoms with E-state index in [4.69, 9.17) is 4.74 Å². The number of benzene rings is 1. The van der Waals surface area contributed by atoms with E-state index in [1.165, 1.54) is 0 Å². The monoisotopic (exact) mass is 249 g/mol. The molecule has 98 valence electrons. The number of nitrogens with one attached hydrogen (secondary N) is 1. The number of aliphatic carboxylic acids is 1. The van der Waals surface area contributed by atoms with Gasteiger partial charge in [-0.15, -0.1) is 0 Å². The molecule has 0 aromatic heterocycles. The predicted octanol–water partition coefficient (Wildman–Crippen LogP) is 1.65. The van der Waals surface area contributed by atoms with Crippen LogP contribution in [0.2, 0.25) is 0 Å². The highest BCUT2D eigenvalue weighted by atomic mass is 16.5. The van der Waals surface area contributed by atoms with Crippen molar-refractivity contribution in [3.8, 4) is 5.75 Å². The first-order valence-corrected chi connectivity index (χ1v) is 6.25. The second-order valence-electron chi connectivity index (χ2n) is 4.87. The predicted molar refractivity (Wildman–Crippen MR) is 69.0 cm³/mol. The van der Waals surface area contributed by atoms with E-state index in [2.05, 4.69) is 5.32 Å². The smallest absolute Gasteiger partial charge is 0.308 e. The average Bonchev–Trinajstić information content (AvgIpc) is 2.73. The third kappa shape index (κ3) is 2.08. The Balaban J connectivity index is 2.43. The Morgan fingerprint density at radius 3 is 2.94 bits per heavy atom. The van der Waals surface area contributed by atoms with Crippen molar-refractivity contribution in [1.29, 1.82) is 0 Å². The van der Waals surface area contributed by atoms with Crippen LogP contribution in [0.3, 0.4) is 0 Å². The number of ether oxygens (including phenoxy) is 1. The molecule has 1 fully saturated rings. The van der Waals surface area contributed by atoms with Crippen LogP contribution in [-0.4, -0.2) is 30.8 Å². The average molecular weight is 249 g/mol. The molecular formula is C14H19NO3. The third-order valence-electron chi connectivity index (χ3n) is 3.71. The van der Waals surface area contributed by atoms with Crippen molar-refractivity contribution in [3.63, 3.8) is 0 Å². The minimum atomic E-state index is -0.756. The molecule has 18 heavy (non-hydrogen) atoms. The molecule has 2 N–H and O–H groups in total. The van der Waals surface area contributed by atoms with Crippen LogP contribution in [0.4, 0.5) is 0 Å². The van der Waals surface area contributed by atoms with Crippen LogP contribution in [0.25, 0.3) is 0 Å². The zero-order valence-electron chi connectivity index (χ0n) is 10.8. The van der Waals surface area contributed by atoms with Crippen LogP contribution >= 0.6 is 0 Å². The molecule has 2 atom stereocenters. The maximum absolute atomic E-state index is 11.4. The fourth-order valence-electron chi connectivity index (χ4n) is 2.69. The normalized spacial score (nSPS) is 27.1. The van der Waals surface area contributed by atoms with Gasteiger partial charge in [0.1, 0.15) is 5.75 Å². The zero-order valence-corrected chi connectivity index (χ0v) is 10.8. The summed E-state index contributed by atoms with van der Waals surface area (Å²) >= 11 is 0. The van der Waals surface area contributed by atoms with E-state index >= 15 is 0 Å². The first kappa shape index (κ1) is 12.9. The molecule has 1 saturated heterocycles. The van der Waals surface area contributed by atoms with Crippen molar-refractivity contribution < 1.29 is 14.6 Å². The fraction of sp³-hybridized carbons (Fsp3) is 0.500. The van der Waals surface area contributed by atoms with Gasteiger partial charge in [-0.2, -0.15) is 0 Å². The van der Waals surface area contributed by atoms with E-state index in [0.29, 0.717) is 19.7 Å². The first-order chi connectivity index (χ1) is 8.59. The lowest BCUT2D eigenvalue weighted by Gasteiger charge is -2.30. The van der Waals surface area contributed by atoms with Crippen LogP contribution in [0.5, 0.6) is 5.75 Å². The quantitative estimate of drug-likeness (QED) is 0.852. The highest BCUT2D eigenvalue weighted by Crippen LogP contribution is 2.40. The molecular weight excluding hydrogens is 230 g/mol. The van der Waals surface area contributed by atoms with E-state index in [-0.39, 0.29) is 0 Å². The summed E-state index contributed by atoms with van der Waals surface area (Å²) in [7, 11) is 0. The minimum absolute atomic E-state index is 0.417. The van der Waals surface area contributed by atoms with Gasteiger partial charge in [0.15, 0.2) is 0 Å². The first-order valence-electron chi connectivity index (χ1n) is 6.25. The molecule has 0 saturated carbocycles. The van der Waals surface area contributed by atoms with Crippen molar-refractivity contribution in [2.45, 2.75) is 19.3 Å². The van der Waals surface area contributed by atoms with Gasteiger partial charge in [0.05, 0.1) is 12.5 Å². The van der Waals surface area contributed by atoms with Crippen LogP contribution in [0.15, 0.2) is 24.3 Å². The summed E-state index contributed by atoms with van der Waals surface area (Å²) in [5.41, 5.74) is 0.557. The molecule has 0 spiro atoms. The zero-order chi connectivity index (χ0) is 13.2. The molecule has 4 heteroatoms. The summed E-state index contributed by atoms with van der Waals surface area (Å²) in [5, 5.41) is 12.5. The molecule has 1 aromatic carbocycles. The van der Waals surface area contributed by atoms with Gasteiger partial charge in [0.2, 0.25) is 0 Å². The maximum atomic E-state index is 11.4. The van der Waals surface area contributed by atoms with Crippen molar-refractivity contribution >= 4 is 5.97 Å². The fourth-order valence-corrected chi connectivity index (χ4v) is 2.69. The lowest BCUT2D eigenvalue weighted by atomic mass is 9.74. The lowest BCUT2D eigenvalue weighted by molar-refractivity contribution is -0.142. The Kier molecular flexibility index (Phi) is 3.57. The van der Waals surface area contributed by atoms with E-state index < -0.39 is 17.3 Å². The molecule has 0 amide bonds. The van der Waals surface area contributed by atoms with Gasteiger partial charge < -0.3 is 15.2 Å². The summed E-state index contributed by atoms with van der Waals surface area (Å²) in [5.74, 6) is -0.384. The number of hydrogen-bond acceptors (Lipinski definition) is 3. The highest BCUT2D eigenvalue weighted by molar-refractivity contribution is 5.74. The van der Waals surface area contributed by atoms with Gasteiger partial charge in [-0.25, -0.2) is 0 Å². The second-order valence-corrected chi connectivity index (χ2v) is 4.87. The molecule has 0 bridgehead atoms. The number of hydrogen-bond donors (Lipinski definition) is 2. The molecule has 4 nitrogen and oxygen atoms in total. The Morgan fingerprint density at radius 1 is 1.56 bits per heavy atom. The Morgan fingerprint density at radius 2 is 2.28 bits per heavy atom. The van der Waals surface area contributed by atoms with E-state index in [0.717, 1.165) is 11.3 Å². The molecule has 0 aliphatic carbocycles. The Bertz CT molecular complexity index is 446. The molecule has 1 aliphatic heterocycles. The minimum Gasteiger partial charge on any atom is -0.494 e. The third-order valence-corrected chi connectivity index (χ3v) is 3.71. The summed E-state index contributed by atoms with van der Waals surface area (Å²) in [6.45, 7) is 5.67. The molecule has 1 heterocycles. The number of para-hydroxylation sites is 1. The van der Waals surface area contributed by atoms with Gasteiger partial charge in [-0.1, -0.05) is 25.1 Å². The van der Waals surface area contributed by atoms with Crippen molar-refractivity contribution in [2.75, 3.05) is 19.7 Å². The van der Waals surface area contributed by atoms with Crippen LogP contribution in [0, 0.1) is 5.92 Å². The summed E-state index contributed by atoms with van der Waals surface area (Å²) in [6.07, 6.45) is 0. The van der Waals surface area contributed by atoms with Gasteiger partial charge in [0.25, 0.3) is 0 Å². The molecule has 0 radical (unpaired) electrons. The highest BCUT2D eigenvalue weighted by Gasteiger charge is 2.45.